The number of thioether (sulfide) groups is 1. The third-order valence-electron chi connectivity index (χ3n) is 3.57. The average Bonchev–Trinajstić information content (AvgIpc) is 3.10. The molecular weight excluding hydrogens is 355 g/mol. The maximum atomic E-state index is 13.2. The second-order valence-corrected chi connectivity index (χ2v) is 6.76. The number of carbonyl (C=O) groups is 1. The molecule has 1 atom stereocenters. The molecule has 8 heteroatoms. The van der Waals surface area contributed by atoms with Crippen LogP contribution in [0.4, 0.5) is 10.1 Å². The molecule has 26 heavy (non-hydrogen) atoms. The quantitative estimate of drug-likeness (QED) is 0.645. The van der Waals surface area contributed by atoms with E-state index in [-0.39, 0.29) is 5.91 Å². The number of H-pyrrole nitrogens is 1. The SMILES string of the molecule is COc1ccc(-c2nc(S[C@H](C)C(=O)Nc3cccc(F)c3)n[nH]2)cc1. The van der Waals surface area contributed by atoms with Gasteiger partial charge in [-0.05, 0) is 49.4 Å². The summed E-state index contributed by atoms with van der Waals surface area (Å²) >= 11 is 1.21. The highest BCUT2D eigenvalue weighted by Crippen LogP contribution is 2.24. The van der Waals surface area contributed by atoms with E-state index in [1.54, 1.807) is 26.2 Å². The Labute approximate surface area is 154 Å². The number of aromatic nitrogens is 3. The monoisotopic (exact) mass is 372 g/mol. The molecule has 0 saturated heterocycles. The number of hydrogen-bond donors (Lipinski definition) is 2. The molecule has 0 radical (unpaired) electrons. The van der Waals surface area contributed by atoms with Gasteiger partial charge in [0, 0.05) is 11.3 Å². The fourth-order valence-corrected chi connectivity index (χ4v) is 2.92. The third-order valence-corrected chi connectivity index (χ3v) is 4.53. The highest BCUT2D eigenvalue weighted by Gasteiger charge is 2.18. The van der Waals surface area contributed by atoms with Gasteiger partial charge in [0.1, 0.15) is 11.6 Å². The lowest BCUT2D eigenvalue weighted by molar-refractivity contribution is -0.115. The zero-order valence-corrected chi connectivity index (χ0v) is 15.0. The van der Waals surface area contributed by atoms with Crippen molar-refractivity contribution < 1.29 is 13.9 Å². The Bertz CT molecular complexity index is 898. The van der Waals surface area contributed by atoms with Crippen molar-refractivity contribution in [1.29, 1.82) is 0 Å². The molecular formula is C18H17FN4O2S. The number of aromatic amines is 1. The summed E-state index contributed by atoms with van der Waals surface area (Å²) in [6, 6.07) is 13.2. The Morgan fingerprint density at radius 2 is 2.04 bits per heavy atom. The summed E-state index contributed by atoms with van der Waals surface area (Å²) < 4.78 is 18.3. The first-order valence-electron chi connectivity index (χ1n) is 7.85. The van der Waals surface area contributed by atoms with Gasteiger partial charge in [-0.2, -0.15) is 0 Å². The number of amides is 1. The fourth-order valence-electron chi connectivity index (χ4n) is 2.20. The van der Waals surface area contributed by atoms with Crippen molar-refractivity contribution in [3.05, 3.63) is 54.3 Å². The molecule has 3 rings (SSSR count). The van der Waals surface area contributed by atoms with E-state index in [1.165, 1.54) is 23.9 Å². The minimum atomic E-state index is -0.446. The van der Waals surface area contributed by atoms with Gasteiger partial charge in [0.25, 0.3) is 0 Å². The number of methoxy groups -OCH3 is 1. The first-order valence-corrected chi connectivity index (χ1v) is 8.73. The van der Waals surface area contributed by atoms with Gasteiger partial charge in [0.2, 0.25) is 11.1 Å². The smallest absolute Gasteiger partial charge is 0.237 e. The van der Waals surface area contributed by atoms with Crippen molar-refractivity contribution in [3.8, 4) is 17.1 Å². The molecule has 0 bridgehead atoms. The van der Waals surface area contributed by atoms with E-state index < -0.39 is 11.1 Å². The van der Waals surface area contributed by atoms with E-state index in [9.17, 15) is 9.18 Å². The van der Waals surface area contributed by atoms with Crippen LogP contribution in [-0.2, 0) is 4.79 Å². The van der Waals surface area contributed by atoms with Crippen molar-refractivity contribution >= 4 is 23.4 Å². The van der Waals surface area contributed by atoms with Crippen LogP contribution in [0.1, 0.15) is 6.92 Å². The van der Waals surface area contributed by atoms with Gasteiger partial charge in [-0.25, -0.2) is 9.37 Å². The second kappa shape index (κ2) is 8.01. The number of halogens is 1. The number of carbonyl (C=O) groups excluding carboxylic acids is 1. The summed E-state index contributed by atoms with van der Waals surface area (Å²) in [6.45, 7) is 1.74. The van der Waals surface area contributed by atoms with Crippen LogP contribution in [-0.4, -0.2) is 33.4 Å². The summed E-state index contributed by atoms with van der Waals surface area (Å²) in [5.74, 6) is 0.705. The largest absolute Gasteiger partial charge is 0.497 e. The van der Waals surface area contributed by atoms with Crippen LogP contribution in [0.3, 0.4) is 0 Å². The lowest BCUT2D eigenvalue weighted by Crippen LogP contribution is -2.22. The molecule has 0 saturated carbocycles. The number of nitrogens with zero attached hydrogens (tertiary/aromatic N) is 2. The lowest BCUT2D eigenvalue weighted by atomic mass is 10.2. The van der Waals surface area contributed by atoms with Crippen molar-refractivity contribution in [2.24, 2.45) is 0 Å². The van der Waals surface area contributed by atoms with E-state index in [1.807, 2.05) is 24.3 Å². The minimum Gasteiger partial charge on any atom is -0.497 e. The van der Waals surface area contributed by atoms with Crippen LogP contribution in [0, 0.1) is 5.82 Å². The van der Waals surface area contributed by atoms with Crippen LogP contribution < -0.4 is 10.1 Å². The Morgan fingerprint density at radius 3 is 2.73 bits per heavy atom. The van der Waals surface area contributed by atoms with E-state index in [0.717, 1.165) is 11.3 Å². The van der Waals surface area contributed by atoms with Crippen molar-refractivity contribution in [2.75, 3.05) is 12.4 Å². The summed E-state index contributed by atoms with van der Waals surface area (Å²) in [4.78, 5) is 16.6. The first-order chi connectivity index (χ1) is 12.5. The molecule has 2 N–H and O–H groups in total. The maximum Gasteiger partial charge on any atom is 0.237 e. The van der Waals surface area contributed by atoms with E-state index in [2.05, 4.69) is 20.5 Å². The predicted molar refractivity (Wildman–Crippen MR) is 98.7 cm³/mol. The third kappa shape index (κ3) is 4.40. The fraction of sp³-hybridized carbons (Fsp3) is 0.167. The Hall–Kier alpha value is -2.87. The molecule has 2 aromatic carbocycles. The number of ether oxygens (including phenoxy) is 1. The van der Waals surface area contributed by atoms with Gasteiger partial charge in [0.15, 0.2) is 5.82 Å². The number of benzene rings is 2. The van der Waals surface area contributed by atoms with Gasteiger partial charge in [-0.15, -0.1) is 5.10 Å². The molecule has 0 aliphatic rings. The van der Waals surface area contributed by atoms with E-state index >= 15 is 0 Å². The zero-order valence-electron chi connectivity index (χ0n) is 14.2. The number of rotatable bonds is 6. The van der Waals surface area contributed by atoms with Crippen LogP contribution >= 0.6 is 11.8 Å². The molecule has 0 aliphatic carbocycles. The average molecular weight is 372 g/mol. The number of nitrogens with one attached hydrogen (secondary N) is 2. The van der Waals surface area contributed by atoms with Crippen LogP contribution in [0.25, 0.3) is 11.4 Å². The molecule has 1 amide bonds. The molecule has 1 aromatic heterocycles. The highest BCUT2D eigenvalue weighted by molar-refractivity contribution is 8.00. The Kier molecular flexibility index (Phi) is 5.52. The van der Waals surface area contributed by atoms with Crippen molar-refractivity contribution in [3.63, 3.8) is 0 Å². The molecule has 6 nitrogen and oxygen atoms in total. The highest BCUT2D eigenvalue weighted by atomic mass is 32.2. The normalized spacial score (nSPS) is 11.8. The van der Waals surface area contributed by atoms with Crippen molar-refractivity contribution in [1.82, 2.24) is 15.2 Å². The van der Waals surface area contributed by atoms with Crippen LogP contribution in [0.15, 0.2) is 53.7 Å². The summed E-state index contributed by atoms with van der Waals surface area (Å²) in [6.07, 6.45) is 0. The van der Waals surface area contributed by atoms with E-state index in [4.69, 9.17) is 4.74 Å². The Morgan fingerprint density at radius 1 is 1.27 bits per heavy atom. The van der Waals surface area contributed by atoms with Crippen LogP contribution in [0.5, 0.6) is 5.75 Å². The summed E-state index contributed by atoms with van der Waals surface area (Å²) in [7, 11) is 1.61. The number of anilines is 1. The standard InChI is InChI=1S/C18H17FN4O2S/c1-11(17(24)20-14-5-3-4-13(19)10-14)26-18-21-16(22-23-18)12-6-8-15(25-2)9-7-12/h3-11H,1-2H3,(H,20,24)(H,21,22,23)/t11-/m1/s1. The Balaban J connectivity index is 1.63. The molecule has 134 valence electrons. The van der Waals surface area contributed by atoms with Crippen LogP contribution in [0.2, 0.25) is 0 Å². The second-order valence-electron chi connectivity index (χ2n) is 5.45. The van der Waals surface area contributed by atoms with Gasteiger partial charge >= 0.3 is 0 Å². The van der Waals surface area contributed by atoms with Gasteiger partial charge < -0.3 is 10.1 Å². The molecule has 0 fully saturated rings. The van der Waals surface area contributed by atoms with Gasteiger partial charge in [-0.1, -0.05) is 17.8 Å². The summed E-state index contributed by atoms with van der Waals surface area (Å²) in [5, 5.41) is 9.68. The summed E-state index contributed by atoms with van der Waals surface area (Å²) in [5.41, 5.74) is 1.28. The maximum absolute atomic E-state index is 13.2. The molecule has 3 aromatic rings. The number of hydrogen-bond acceptors (Lipinski definition) is 5. The molecule has 0 aliphatic heterocycles. The predicted octanol–water partition coefficient (Wildman–Crippen LogP) is 3.74. The van der Waals surface area contributed by atoms with Gasteiger partial charge in [-0.3, -0.25) is 9.89 Å². The van der Waals surface area contributed by atoms with Crippen molar-refractivity contribution in [2.45, 2.75) is 17.3 Å². The topological polar surface area (TPSA) is 79.9 Å². The zero-order chi connectivity index (χ0) is 18.5. The minimum absolute atomic E-state index is 0.253. The van der Waals surface area contributed by atoms with E-state index in [0.29, 0.717) is 16.7 Å². The molecule has 0 unspecified atom stereocenters. The van der Waals surface area contributed by atoms with Gasteiger partial charge in [0.05, 0.1) is 12.4 Å². The molecule has 0 spiro atoms. The lowest BCUT2D eigenvalue weighted by Gasteiger charge is -2.10. The molecule has 1 heterocycles. The first kappa shape index (κ1) is 17.9.